The van der Waals surface area contributed by atoms with Crippen molar-refractivity contribution in [2.75, 3.05) is 26.6 Å². The molecule has 1 aromatic heterocycles. The molecular formula is C18H21N3O6. The quantitative estimate of drug-likeness (QED) is 0.839. The van der Waals surface area contributed by atoms with Crippen molar-refractivity contribution in [3.05, 3.63) is 44.1 Å². The van der Waals surface area contributed by atoms with Gasteiger partial charge >= 0.3 is 5.69 Å². The molecule has 0 bridgehead atoms. The molecule has 1 aliphatic heterocycles. The molecule has 27 heavy (non-hydrogen) atoms. The molecule has 2 aromatic rings. The highest BCUT2D eigenvalue weighted by Crippen LogP contribution is 2.43. The summed E-state index contributed by atoms with van der Waals surface area (Å²) in [7, 11) is 7.40. The number of carbonyl (C=O) groups excluding carboxylic acids is 1. The standard InChI is InChI=1S/C18H21N3O6/c1-20-16-14(17(23)21(2)18(20)24)10(8-13(22)19-16)9-6-11(25-3)15(27-5)12(7-9)26-4/h6-7,10H,8H2,1-5H3,(H,19,22)/t10-/m1/s1. The van der Waals surface area contributed by atoms with Crippen molar-refractivity contribution in [3.8, 4) is 17.2 Å². The molecule has 0 saturated heterocycles. The smallest absolute Gasteiger partial charge is 0.332 e. The highest BCUT2D eigenvalue weighted by atomic mass is 16.5. The van der Waals surface area contributed by atoms with E-state index in [-0.39, 0.29) is 18.1 Å². The van der Waals surface area contributed by atoms with Gasteiger partial charge in [-0.2, -0.15) is 0 Å². The van der Waals surface area contributed by atoms with Crippen LogP contribution in [-0.2, 0) is 18.9 Å². The molecule has 1 aliphatic rings. The van der Waals surface area contributed by atoms with Gasteiger partial charge in [0.2, 0.25) is 11.7 Å². The van der Waals surface area contributed by atoms with Crippen LogP contribution in [0.25, 0.3) is 0 Å². The molecule has 1 atom stereocenters. The number of hydrogen-bond donors (Lipinski definition) is 1. The Balaban J connectivity index is 2.31. The van der Waals surface area contributed by atoms with E-state index in [2.05, 4.69) is 5.32 Å². The zero-order chi connectivity index (χ0) is 19.9. The van der Waals surface area contributed by atoms with Crippen molar-refractivity contribution in [1.82, 2.24) is 9.13 Å². The summed E-state index contributed by atoms with van der Waals surface area (Å²) < 4.78 is 18.4. The Hall–Kier alpha value is -3.23. The van der Waals surface area contributed by atoms with E-state index in [0.29, 0.717) is 28.4 Å². The third-order valence-electron chi connectivity index (χ3n) is 4.78. The number of nitrogens with one attached hydrogen (secondary N) is 1. The number of anilines is 1. The van der Waals surface area contributed by atoms with Gasteiger partial charge in [-0.1, -0.05) is 0 Å². The van der Waals surface area contributed by atoms with E-state index in [1.807, 2.05) is 0 Å². The van der Waals surface area contributed by atoms with Gasteiger partial charge in [0.1, 0.15) is 5.82 Å². The first-order valence-corrected chi connectivity index (χ1v) is 8.23. The van der Waals surface area contributed by atoms with E-state index in [0.717, 1.165) is 4.57 Å². The van der Waals surface area contributed by atoms with Gasteiger partial charge in [0.25, 0.3) is 5.56 Å². The van der Waals surface area contributed by atoms with Crippen LogP contribution < -0.4 is 30.8 Å². The summed E-state index contributed by atoms with van der Waals surface area (Å²) in [5.74, 6) is 0.607. The maximum Gasteiger partial charge on any atom is 0.332 e. The zero-order valence-electron chi connectivity index (χ0n) is 15.8. The van der Waals surface area contributed by atoms with E-state index in [1.165, 1.54) is 40.0 Å². The van der Waals surface area contributed by atoms with E-state index >= 15 is 0 Å². The first-order valence-electron chi connectivity index (χ1n) is 8.23. The van der Waals surface area contributed by atoms with Gasteiger partial charge in [0, 0.05) is 26.4 Å². The van der Waals surface area contributed by atoms with Crippen LogP contribution in [0.3, 0.4) is 0 Å². The number of carbonyl (C=O) groups is 1. The third kappa shape index (κ3) is 2.84. The fourth-order valence-corrected chi connectivity index (χ4v) is 3.39. The first-order chi connectivity index (χ1) is 12.8. The minimum absolute atomic E-state index is 0.0546. The lowest BCUT2D eigenvalue weighted by molar-refractivity contribution is -0.116. The number of rotatable bonds is 4. The van der Waals surface area contributed by atoms with Crippen LogP contribution >= 0.6 is 0 Å². The molecule has 0 radical (unpaired) electrons. The number of aromatic nitrogens is 2. The monoisotopic (exact) mass is 375 g/mol. The van der Waals surface area contributed by atoms with Crippen molar-refractivity contribution in [2.24, 2.45) is 14.1 Å². The number of fused-ring (bicyclic) bond motifs is 1. The normalized spacial score (nSPS) is 15.7. The number of amides is 1. The Morgan fingerprint density at radius 1 is 0.963 bits per heavy atom. The van der Waals surface area contributed by atoms with Crippen molar-refractivity contribution in [3.63, 3.8) is 0 Å². The average Bonchev–Trinajstić information content (AvgIpc) is 2.68. The molecule has 1 aromatic carbocycles. The second-order valence-corrected chi connectivity index (χ2v) is 6.23. The Labute approximate surface area is 155 Å². The van der Waals surface area contributed by atoms with Gasteiger partial charge in [-0.05, 0) is 17.7 Å². The zero-order valence-corrected chi connectivity index (χ0v) is 15.8. The summed E-state index contributed by atoms with van der Waals surface area (Å²) in [4.78, 5) is 37.3. The number of ether oxygens (including phenoxy) is 3. The number of hydrogen-bond acceptors (Lipinski definition) is 6. The summed E-state index contributed by atoms with van der Waals surface area (Å²) in [6.45, 7) is 0. The highest BCUT2D eigenvalue weighted by Gasteiger charge is 2.33. The lowest BCUT2D eigenvalue weighted by Crippen LogP contribution is -2.44. The maximum absolute atomic E-state index is 12.8. The van der Waals surface area contributed by atoms with Crippen LogP contribution in [0.1, 0.15) is 23.5 Å². The number of benzene rings is 1. The van der Waals surface area contributed by atoms with Crippen LogP contribution in [0, 0.1) is 0 Å². The average molecular weight is 375 g/mol. The molecule has 0 aliphatic carbocycles. The lowest BCUT2D eigenvalue weighted by atomic mass is 9.86. The van der Waals surface area contributed by atoms with E-state index < -0.39 is 17.2 Å². The van der Waals surface area contributed by atoms with E-state index in [1.54, 1.807) is 12.1 Å². The minimum Gasteiger partial charge on any atom is -0.493 e. The fraction of sp³-hybridized carbons (Fsp3) is 0.389. The fourth-order valence-electron chi connectivity index (χ4n) is 3.39. The van der Waals surface area contributed by atoms with Crippen molar-refractivity contribution >= 4 is 11.7 Å². The molecular weight excluding hydrogens is 354 g/mol. The molecule has 0 fully saturated rings. The molecule has 0 spiro atoms. The molecule has 1 amide bonds. The first kappa shape index (κ1) is 18.6. The molecule has 144 valence electrons. The van der Waals surface area contributed by atoms with Crippen molar-refractivity contribution in [2.45, 2.75) is 12.3 Å². The van der Waals surface area contributed by atoms with Crippen LogP contribution in [0.15, 0.2) is 21.7 Å². The SMILES string of the molecule is COc1cc([C@H]2CC(=O)Nc3c2c(=O)n(C)c(=O)n3C)cc(OC)c1OC. The Kier molecular flexibility index (Phi) is 4.69. The largest absolute Gasteiger partial charge is 0.493 e. The van der Waals surface area contributed by atoms with Gasteiger partial charge in [-0.25, -0.2) is 4.79 Å². The third-order valence-corrected chi connectivity index (χ3v) is 4.78. The Morgan fingerprint density at radius 2 is 1.56 bits per heavy atom. The molecule has 2 heterocycles. The van der Waals surface area contributed by atoms with E-state index in [9.17, 15) is 14.4 Å². The van der Waals surface area contributed by atoms with Crippen LogP contribution in [0.2, 0.25) is 0 Å². The van der Waals surface area contributed by atoms with Gasteiger partial charge in [-0.15, -0.1) is 0 Å². The lowest BCUT2D eigenvalue weighted by Gasteiger charge is -2.28. The summed E-state index contributed by atoms with van der Waals surface area (Å²) in [5.41, 5.74) is 0.0289. The number of nitrogens with zero attached hydrogens (tertiary/aromatic N) is 2. The number of methoxy groups -OCH3 is 3. The second-order valence-electron chi connectivity index (χ2n) is 6.23. The highest BCUT2D eigenvalue weighted by molar-refractivity contribution is 5.94. The molecule has 3 rings (SSSR count). The van der Waals surface area contributed by atoms with Crippen LogP contribution in [-0.4, -0.2) is 36.4 Å². The van der Waals surface area contributed by atoms with Gasteiger partial charge < -0.3 is 19.5 Å². The van der Waals surface area contributed by atoms with E-state index in [4.69, 9.17) is 14.2 Å². The predicted molar refractivity (Wildman–Crippen MR) is 98.1 cm³/mol. The summed E-state index contributed by atoms with van der Waals surface area (Å²) in [6.07, 6.45) is 0.0546. The molecule has 0 saturated carbocycles. The maximum atomic E-state index is 12.8. The second kappa shape index (κ2) is 6.82. The Bertz CT molecular complexity index is 1010. The molecule has 1 N–H and O–H groups in total. The molecule has 0 unspecified atom stereocenters. The van der Waals surface area contributed by atoms with Crippen LogP contribution in [0.4, 0.5) is 5.82 Å². The van der Waals surface area contributed by atoms with Gasteiger partial charge in [-0.3, -0.25) is 18.7 Å². The van der Waals surface area contributed by atoms with Crippen molar-refractivity contribution in [1.29, 1.82) is 0 Å². The topological polar surface area (TPSA) is 101 Å². The van der Waals surface area contributed by atoms with Crippen molar-refractivity contribution < 1.29 is 19.0 Å². The molecule has 9 heteroatoms. The minimum atomic E-state index is -0.562. The summed E-state index contributed by atoms with van der Waals surface area (Å²) in [6, 6.07) is 3.41. The summed E-state index contributed by atoms with van der Waals surface area (Å²) in [5, 5.41) is 2.64. The Morgan fingerprint density at radius 3 is 2.07 bits per heavy atom. The van der Waals surface area contributed by atoms with Gasteiger partial charge in [0.15, 0.2) is 11.5 Å². The summed E-state index contributed by atoms with van der Waals surface area (Å²) >= 11 is 0. The predicted octanol–water partition coefficient (Wildman–Crippen LogP) is 0.584. The van der Waals surface area contributed by atoms with Gasteiger partial charge in [0.05, 0.1) is 26.9 Å². The molecule has 9 nitrogen and oxygen atoms in total. The van der Waals surface area contributed by atoms with Crippen LogP contribution in [0.5, 0.6) is 17.2 Å².